The fraction of sp³-hybridized carbons (Fsp3) is 0.364. The van der Waals surface area contributed by atoms with Gasteiger partial charge in [0.1, 0.15) is 12.3 Å². The summed E-state index contributed by atoms with van der Waals surface area (Å²) >= 11 is 0. The number of ether oxygens (including phenoxy) is 1. The Morgan fingerprint density at radius 1 is 1.03 bits per heavy atom. The summed E-state index contributed by atoms with van der Waals surface area (Å²) in [5.41, 5.74) is 3.38. The zero-order valence-corrected chi connectivity index (χ0v) is 19.7. The van der Waals surface area contributed by atoms with Crippen molar-refractivity contribution in [3.63, 3.8) is 0 Å². The van der Waals surface area contributed by atoms with E-state index in [4.69, 9.17) is 4.74 Å². The lowest BCUT2D eigenvalue weighted by molar-refractivity contribution is -0.119. The number of methoxy groups -OCH3 is 1. The monoisotopic (exact) mass is 510 g/mol. The Kier molecular flexibility index (Phi) is 11.8. The Balaban J connectivity index is 0.00000420. The van der Waals surface area contributed by atoms with E-state index in [0.29, 0.717) is 19.0 Å². The van der Waals surface area contributed by atoms with Crippen LogP contribution in [0.25, 0.3) is 0 Å². The molecule has 0 saturated carbocycles. The molecule has 3 N–H and O–H groups in total. The fourth-order valence-corrected chi connectivity index (χ4v) is 2.69. The lowest BCUT2D eigenvalue weighted by Crippen LogP contribution is -2.39. The van der Waals surface area contributed by atoms with Gasteiger partial charge in [0, 0.05) is 19.6 Å². The summed E-state index contributed by atoms with van der Waals surface area (Å²) in [4.78, 5) is 16.4. The van der Waals surface area contributed by atoms with Gasteiger partial charge < -0.3 is 20.7 Å². The summed E-state index contributed by atoms with van der Waals surface area (Å²) < 4.78 is 5.37. The van der Waals surface area contributed by atoms with Crippen molar-refractivity contribution in [1.82, 2.24) is 16.0 Å². The Labute approximate surface area is 190 Å². The van der Waals surface area contributed by atoms with Gasteiger partial charge in [-0.1, -0.05) is 42.5 Å². The summed E-state index contributed by atoms with van der Waals surface area (Å²) in [7, 11) is 1.68. The van der Waals surface area contributed by atoms with E-state index in [1.54, 1.807) is 7.11 Å². The Bertz CT molecular complexity index is 782. The molecule has 6 nitrogen and oxygen atoms in total. The largest absolute Gasteiger partial charge is 0.496 e. The quantitative estimate of drug-likeness (QED) is 0.276. The molecule has 0 fully saturated rings. The van der Waals surface area contributed by atoms with Crippen LogP contribution in [0.2, 0.25) is 0 Å². The lowest BCUT2D eigenvalue weighted by atomic mass is 10.1. The van der Waals surface area contributed by atoms with Crippen molar-refractivity contribution >= 4 is 35.8 Å². The van der Waals surface area contributed by atoms with Crippen LogP contribution in [-0.2, 0) is 17.8 Å². The molecule has 0 heterocycles. The minimum atomic E-state index is -0.107. The molecule has 0 radical (unpaired) electrons. The summed E-state index contributed by atoms with van der Waals surface area (Å²) in [6.45, 7) is 6.06. The van der Waals surface area contributed by atoms with Gasteiger partial charge in [0.05, 0.1) is 7.11 Å². The lowest BCUT2D eigenvalue weighted by Gasteiger charge is -2.12. The van der Waals surface area contributed by atoms with E-state index in [1.807, 2.05) is 44.2 Å². The molecule has 0 bridgehead atoms. The first-order valence-electron chi connectivity index (χ1n) is 9.58. The van der Waals surface area contributed by atoms with Crippen molar-refractivity contribution in [2.45, 2.75) is 26.8 Å². The fourth-order valence-electron chi connectivity index (χ4n) is 2.69. The number of nitrogens with zero attached hydrogens (tertiary/aromatic N) is 1. The van der Waals surface area contributed by atoms with Gasteiger partial charge in [-0.15, -0.1) is 24.0 Å². The van der Waals surface area contributed by atoms with Crippen LogP contribution in [0.4, 0.5) is 0 Å². The van der Waals surface area contributed by atoms with Gasteiger partial charge in [0.25, 0.3) is 0 Å². The number of carbonyl (C=O) groups excluding carboxylic acids is 1. The number of rotatable bonds is 9. The molecule has 0 aromatic heterocycles. The van der Waals surface area contributed by atoms with E-state index in [1.165, 1.54) is 5.56 Å². The molecule has 0 aliphatic heterocycles. The van der Waals surface area contributed by atoms with E-state index in [0.717, 1.165) is 29.8 Å². The topological polar surface area (TPSA) is 74.8 Å². The van der Waals surface area contributed by atoms with E-state index < -0.39 is 0 Å². The van der Waals surface area contributed by atoms with Gasteiger partial charge in [-0.3, -0.25) is 4.79 Å². The molecule has 7 heteroatoms. The third-order valence-electron chi connectivity index (χ3n) is 4.24. The Morgan fingerprint density at radius 2 is 1.79 bits per heavy atom. The van der Waals surface area contributed by atoms with E-state index in [-0.39, 0.29) is 36.4 Å². The molecule has 0 spiro atoms. The number of aryl methyl sites for hydroxylation is 1. The molecule has 1 amide bonds. The SMILES string of the molecule is CCNC(=NCC(=O)NCc1ccccc1)NCCc1ccc(C)c(OC)c1.I. The molecule has 29 heavy (non-hydrogen) atoms. The molecular weight excluding hydrogens is 479 g/mol. The molecule has 0 unspecified atom stereocenters. The minimum Gasteiger partial charge on any atom is -0.496 e. The zero-order valence-electron chi connectivity index (χ0n) is 17.3. The molecule has 0 saturated heterocycles. The van der Waals surface area contributed by atoms with Crippen LogP contribution >= 0.6 is 24.0 Å². The van der Waals surface area contributed by atoms with Crippen LogP contribution in [0.3, 0.4) is 0 Å². The van der Waals surface area contributed by atoms with Crippen molar-refractivity contribution in [2.75, 3.05) is 26.7 Å². The minimum absolute atomic E-state index is 0. The highest BCUT2D eigenvalue weighted by atomic mass is 127. The summed E-state index contributed by atoms with van der Waals surface area (Å²) in [6, 6.07) is 16.0. The van der Waals surface area contributed by atoms with Gasteiger partial charge >= 0.3 is 0 Å². The maximum atomic E-state index is 12.0. The van der Waals surface area contributed by atoms with Gasteiger partial charge in [-0.2, -0.15) is 0 Å². The third-order valence-corrected chi connectivity index (χ3v) is 4.24. The van der Waals surface area contributed by atoms with Crippen molar-refractivity contribution in [2.24, 2.45) is 4.99 Å². The first-order chi connectivity index (χ1) is 13.6. The summed E-state index contributed by atoms with van der Waals surface area (Å²) in [6.07, 6.45) is 0.835. The highest BCUT2D eigenvalue weighted by Crippen LogP contribution is 2.18. The molecule has 2 aromatic carbocycles. The predicted molar refractivity (Wildman–Crippen MR) is 129 cm³/mol. The predicted octanol–water partition coefficient (Wildman–Crippen LogP) is 3.04. The highest BCUT2D eigenvalue weighted by molar-refractivity contribution is 14.0. The average molecular weight is 510 g/mol. The highest BCUT2D eigenvalue weighted by Gasteiger charge is 2.04. The van der Waals surface area contributed by atoms with E-state index in [2.05, 4.69) is 39.1 Å². The van der Waals surface area contributed by atoms with Crippen molar-refractivity contribution in [3.8, 4) is 5.75 Å². The van der Waals surface area contributed by atoms with Gasteiger partial charge in [-0.25, -0.2) is 4.99 Å². The second kappa shape index (κ2) is 13.8. The second-order valence-electron chi connectivity index (χ2n) is 6.44. The van der Waals surface area contributed by atoms with Crippen LogP contribution in [0.15, 0.2) is 53.5 Å². The Morgan fingerprint density at radius 3 is 2.48 bits per heavy atom. The van der Waals surface area contributed by atoms with Crippen LogP contribution in [0, 0.1) is 6.92 Å². The Hall–Kier alpha value is -2.29. The first-order valence-corrected chi connectivity index (χ1v) is 9.58. The number of nitrogens with one attached hydrogen (secondary N) is 3. The summed E-state index contributed by atoms with van der Waals surface area (Å²) in [5, 5.41) is 9.31. The molecule has 158 valence electrons. The van der Waals surface area contributed by atoms with Crippen molar-refractivity contribution < 1.29 is 9.53 Å². The number of benzene rings is 2. The number of amides is 1. The maximum Gasteiger partial charge on any atom is 0.242 e. The molecule has 2 aromatic rings. The standard InChI is InChI=1S/C22H30N4O2.HI/c1-4-23-22(24-13-12-18-11-10-17(2)20(14-18)28-3)26-16-21(27)25-15-19-8-6-5-7-9-19;/h5-11,14H,4,12-13,15-16H2,1-3H3,(H,25,27)(H2,23,24,26);1H. The number of halogens is 1. The smallest absolute Gasteiger partial charge is 0.242 e. The van der Waals surface area contributed by atoms with Crippen LogP contribution in [0.1, 0.15) is 23.6 Å². The number of hydrogen-bond acceptors (Lipinski definition) is 3. The zero-order chi connectivity index (χ0) is 20.2. The number of hydrogen-bond donors (Lipinski definition) is 3. The first kappa shape index (κ1) is 24.7. The second-order valence-corrected chi connectivity index (χ2v) is 6.44. The van der Waals surface area contributed by atoms with E-state index >= 15 is 0 Å². The molecule has 0 aliphatic carbocycles. The number of guanidine groups is 1. The van der Waals surface area contributed by atoms with Gasteiger partial charge in [-0.05, 0) is 43.0 Å². The molecule has 0 aliphatic rings. The van der Waals surface area contributed by atoms with Crippen LogP contribution in [0.5, 0.6) is 5.75 Å². The molecule has 2 rings (SSSR count). The van der Waals surface area contributed by atoms with Crippen LogP contribution in [-0.4, -0.2) is 38.6 Å². The average Bonchev–Trinajstić information content (AvgIpc) is 2.72. The third kappa shape index (κ3) is 9.17. The van der Waals surface area contributed by atoms with Crippen LogP contribution < -0.4 is 20.7 Å². The van der Waals surface area contributed by atoms with Crippen molar-refractivity contribution in [3.05, 3.63) is 65.2 Å². The van der Waals surface area contributed by atoms with Gasteiger partial charge in [0.15, 0.2) is 5.96 Å². The molecule has 0 atom stereocenters. The van der Waals surface area contributed by atoms with E-state index in [9.17, 15) is 4.79 Å². The van der Waals surface area contributed by atoms with Gasteiger partial charge in [0.2, 0.25) is 5.91 Å². The maximum absolute atomic E-state index is 12.0. The number of aliphatic imine (C=N–C) groups is 1. The summed E-state index contributed by atoms with van der Waals surface area (Å²) in [5.74, 6) is 1.42. The molecular formula is C22H31IN4O2. The van der Waals surface area contributed by atoms with Crippen molar-refractivity contribution in [1.29, 1.82) is 0 Å². The normalized spacial score (nSPS) is 10.7. The number of carbonyl (C=O) groups is 1.